The summed E-state index contributed by atoms with van der Waals surface area (Å²) in [6.07, 6.45) is 2.83. The predicted molar refractivity (Wildman–Crippen MR) is 69.5 cm³/mol. The number of nitrogens with zero attached hydrogens (tertiary/aromatic N) is 4. The van der Waals surface area contributed by atoms with Crippen LogP contribution in [0.2, 0.25) is 0 Å². The van der Waals surface area contributed by atoms with Crippen LogP contribution >= 0.6 is 0 Å². The molecule has 1 fully saturated rings. The first kappa shape index (κ1) is 12.5. The fourth-order valence-electron chi connectivity index (χ4n) is 1.89. The number of carbonyl (C=O) groups excluding carboxylic acids is 1. The van der Waals surface area contributed by atoms with Crippen LogP contribution in [-0.2, 0) is 4.74 Å². The highest BCUT2D eigenvalue weighted by molar-refractivity contribution is 6.01. The Morgan fingerprint density at radius 2 is 2.15 bits per heavy atom. The highest BCUT2D eigenvalue weighted by Crippen LogP contribution is 2.16. The molecule has 1 aliphatic rings. The average Bonchev–Trinajstić information content (AvgIpc) is 3.03. The number of anilines is 2. The van der Waals surface area contributed by atoms with Crippen molar-refractivity contribution in [2.45, 2.75) is 0 Å². The maximum atomic E-state index is 11.8. The topological polar surface area (TPSA) is 93.4 Å². The number of morpholine rings is 1. The summed E-state index contributed by atoms with van der Waals surface area (Å²) < 4.78 is 10.1. The van der Waals surface area contributed by atoms with Gasteiger partial charge in [0.25, 0.3) is 5.91 Å². The zero-order valence-electron chi connectivity index (χ0n) is 10.7. The van der Waals surface area contributed by atoms with Gasteiger partial charge in [-0.25, -0.2) is 9.97 Å². The van der Waals surface area contributed by atoms with Gasteiger partial charge in [-0.3, -0.25) is 4.79 Å². The second-order valence-corrected chi connectivity index (χ2v) is 4.19. The third-order valence-corrected chi connectivity index (χ3v) is 2.89. The van der Waals surface area contributed by atoms with Gasteiger partial charge in [0.15, 0.2) is 0 Å². The molecule has 0 spiro atoms. The summed E-state index contributed by atoms with van der Waals surface area (Å²) in [4.78, 5) is 22.1. The second-order valence-electron chi connectivity index (χ2n) is 4.19. The van der Waals surface area contributed by atoms with E-state index in [4.69, 9.17) is 9.26 Å². The average molecular weight is 275 g/mol. The highest BCUT2D eigenvalue weighted by atomic mass is 16.5. The van der Waals surface area contributed by atoms with Crippen molar-refractivity contribution < 1.29 is 14.1 Å². The Kier molecular flexibility index (Phi) is 3.55. The van der Waals surface area contributed by atoms with Crippen LogP contribution in [-0.4, -0.2) is 47.3 Å². The first-order valence-electron chi connectivity index (χ1n) is 6.20. The van der Waals surface area contributed by atoms with E-state index in [1.165, 1.54) is 18.6 Å². The van der Waals surface area contributed by atoms with Crippen molar-refractivity contribution in [3.05, 3.63) is 30.4 Å². The van der Waals surface area contributed by atoms with Crippen LogP contribution in [0.15, 0.2) is 29.2 Å². The molecular formula is C12H13N5O3. The highest BCUT2D eigenvalue weighted by Gasteiger charge is 2.15. The molecule has 20 heavy (non-hydrogen) atoms. The first-order valence-corrected chi connectivity index (χ1v) is 6.20. The van der Waals surface area contributed by atoms with E-state index in [2.05, 4.69) is 25.3 Å². The van der Waals surface area contributed by atoms with Gasteiger partial charge >= 0.3 is 0 Å². The third-order valence-electron chi connectivity index (χ3n) is 2.89. The molecule has 0 aliphatic carbocycles. The monoisotopic (exact) mass is 275 g/mol. The second kappa shape index (κ2) is 5.66. The summed E-state index contributed by atoms with van der Waals surface area (Å²) in [6.45, 7) is 2.88. The van der Waals surface area contributed by atoms with Crippen LogP contribution in [0, 0.1) is 0 Å². The van der Waals surface area contributed by atoms with Crippen LogP contribution in [0.3, 0.4) is 0 Å². The van der Waals surface area contributed by atoms with Crippen molar-refractivity contribution in [2.24, 2.45) is 0 Å². The van der Waals surface area contributed by atoms with E-state index < -0.39 is 5.91 Å². The molecule has 0 bridgehead atoms. The standard InChI is InChI=1S/C12H13N5O3/c18-12(9-1-2-15-20-9)16-10-7-11(14-8-13-10)17-3-5-19-6-4-17/h1-2,7-8H,3-6H2,(H,13,14,16,18). The largest absolute Gasteiger partial charge is 0.378 e. The number of aromatic nitrogens is 3. The lowest BCUT2D eigenvalue weighted by molar-refractivity contribution is 0.0987. The number of rotatable bonds is 3. The molecule has 2 aromatic rings. The zero-order chi connectivity index (χ0) is 13.8. The zero-order valence-corrected chi connectivity index (χ0v) is 10.7. The molecule has 1 saturated heterocycles. The molecule has 3 rings (SSSR count). The van der Waals surface area contributed by atoms with Crippen molar-refractivity contribution in [2.75, 3.05) is 36.5 Å². The van der Waals surface area contributed by atoms with Crippen LogP contribution in [0.25, 0.3) is 0 Å². The third kappa shape index (κ3) is 2.75. The maximum Gasteiger partial charge on any atom is 0.295 e. The van der Waals surface area contributed by atoms with Gasteiger partial charge < -0.3 is 19.5 Å². The Morgan fingerprint density at radius 3 is 2.90 bits per heavy atom. The number of amides is 1. The Hall–Kier alpha value is -2.48. The molecule has 0 atom stereocenters. The molecule has 0 aromatic carbocycles. The quantitative estimate of drug-likeness (QED) is 0.874. The van der Waals surface area contributed by atoms with E-state index in [9.17, 15) is 4.79 Å². The molecule has 1 aliphatic heterocycles. The van der Waals surface area contributed by atoms with E-state index in [1.807, 2.05) is 0 Å². The minimum Gasteiger partial charge on any atom is -0.378 e. The van der Waals surface area contributed by atoms with Crippen LogP contribution in [0.1, 0.15) is 10.6 Å². The van der Waals surface area contributed by atoms with Crippen molar-refractivity contribution in [3.8, 4) is 0 Å². The fraction of sp³-hybridized carbons (Fsp3) is 0.333. The molecule has 3 heterocycles. The Labute approximate surface area is 114 Å². The molecule has 1 N–H and O–H groups in total. The lowest BCUT2D eigenvalue weighted by atomic mass is 10.4. The van der Waals surface area contributed by atoms with Crippen molar-refractivity contribution in [1.82, 2.24) is 15.1 Å². The van der Waals surface area contributed by atoms with Crippen LogP contribution < -0.4 is 10.2 Å². The summed E-state index contributed by atoms with van der Waals surface area (Å²) in [5.41, 5.74) is 0. The first-order chi connectivity index (χ1) is 9.83. The van der Waals surface area contributed by atoms with E-state index >= 15 is 0 Å². The number of hydrogen-bond acceptors (Lipinski definition) is 7. The van der Waals surface area contributed by atoms with E-state index in [-0.39, 0.29) is 5.76 Å². The predicted octanol–water partition coefficient (Wildman–Crippen LogP) is 0.553. The molecule has 104 valence electrons. The minimum atomic E-state index is -0.394. The Bertz CT molecular complexity index is 581. The fourth-order valence-corrected chi connectivity index (χ4v) is 1.89. The smallest absolute Gasteiger partial charge is 0.295 e. The minimum absolute atomic E-state index is 0.136. The molecule has 8 heteroatoms. The summed E-state index contributed by atoms with van der Waals surface area (Å²) >= 11 is 0. The summed E-state index contributed by atoms with van der Waals surface area (Å²) in [7, 11) is 0. The van der Waals surface area contributed by atoms with Gasteiger partial charge in [-0.15, -0.1) is 0 Å². The summed E-state index contributed by atoms with van der Waals surface area (Å²) in [5.74, 6) is 0.921. The van der Waals surface area contributed by atoms with Gasteiger partial charge in [0.2, 0.25) is 5.76 Å². The van der Waals surface area contributed by atoms with Gasteiger partial charge in [-0.2, -0.15) is 0 Å². The van der Waals surface area contributed by atoms with Gasteiger partial charge in [0, 0.05) is 25.2 Å². The van der Waals surface area contributed by atoms with Gasteiger partial charge in [-0.1, -0.05) is 5.16 Å². The number of ether oxygens (including phenoxy) is 1. The lowest BCUT2D eigenvalue weighted by Crippen LogP contribution is -2.36. The van der Waals surface area contributed by atoms with Crippen molar-refractivity contribution in [3.63, 3.8) is 0 Å². The van der Waals surface area contributed by atoms with E-state index in [0.717, 1.165) is 18.9 Å². The summed E-state index contributed by atoms with van der Waals surface area (Å²) in [6, 6.07) is 3.21. The van der Waals surface area contributed by atoms with Crippen molar-refractivity contribution >= 4 is 17.5 Å². The van der Waals surface area contributed by atoms with Crippen LogP contribution in [0.4, 0.5) is 11.6 Å². The SMILES string of the molecule is O=C(Nc1cc(N2CCOCC2)ncn1)c1ccno1. The molecule has 0 unspecified atom stereocenters. The lowest BCUT2D eigenvalue weighted by Gasteiger charge is -2.27. The maximum absolute atomic E-state index is 11.8. The van der Waals surface area contributed by atoms with Crippen LogP contribution in [0.5, 0.6) is 0 Å². The van der Waals surface area contributed by atoms with Gasteiger partial charge in [-0.05, 0) is 0 Å². The molecule has 2 aromatic heterocycles. The van der Waals surface area contributed by atoms with E-state index in [0.29, 0.717) is 19.0 Å². The molecule has 0 saturated carbocycles. The Morgan fingerprint density at radius 1 is 1.30 bits per heavy atom. The number of carbonyl (C=O) groups is 1. The van der Waals surface area contributed by atoms with Crippen molar-refractivity contribution in [1.29, 1.82) is 0 Å². The van der Waals surface area contributed by atoms with E-state index in [1.54, 1.807) is 6.07 Å². The Balaban J connectivity index is 1.72. The van der Waals surface area contributed by atoms with Gasteiger partial charge in [0.1, 0.15) is 18.0 Å². The molecule has 8 nitrogen and oxygen atoms in total. The normalized spacial score (nSPS) is 15.1. The molecule has 0 radical (unpaired) electrons. The number of nitrogens with one attached hydrogen (secondary N) is 1. The summed E-state index contributed by atoms with van der Waals surface area (Å²) in [5, 5.41) is 6.13. The molecular weight excluding hydrogens is 262 g/mol. The van der Waals surface area contributed by atoms with Gasteiger partial charge in [0.05, 0.1) is 19.4 Å². The number of hydrogen-bond donors (Lipinski definition) is 1. The molecule has 1 amide bonds.